The van der Waals surface area contributed by atoms with Gasteiger partial charge in [-0.3, -0.25) is 4.79 Å². The van der Waals surface area contributed by atoms with Crippen LogP contribution in [0.4, 0.5) is 0 Å². The van der Waals surface area contributed by atoms with Crippen LogP contribution in [0.3, 0.4) is 0 Å². The molecule has 3 aromatic heterocycles. The molecule has 1 N–H and O–H groups in total. The topological polar surface area (TPSA) is 101 Å². The molecule has 0 aliphatic carbocycles. The van der Waals surface area contributed by atoms with E-state index in [1.165, 1.54) is 11.3 Å². The van der Waals surface area contributed by atoms with Crippen LogP contribution in [0.25, 0.3) is 42.9 Å². The zero-order chi connectivity index (χ0) is 22.9. The Morgan fingerprint density at radius 3 is 2.58 bits per heavy atom. The number of ether oxygens (including phenoxy) is 2. The van der Waals surface area contributed by atoms with E-state index in [9.17, 15) is 10.1 Å². The van der Waals surface area contributed by atoms with Crippen LogP contribution in [0.1, 0.15) is 12.5 Å². The van der Waals surface area contributed by atoms with E-state index >= 15 is 0 Å². The fourth-order valence-electron chi connectivity index (χ4n) is 3.87. The molecule has 162 valence electrons. The van der Waals surface area contributed by atoms with Crippen LogP contribution >= 0.6 is 11.3 Å². The van der Waals surface area contributed by atoms with Gasteiger partial charge < -0.3 is 14.5 Å². The zero-order valence-corrected chi connectivity index (χ0v) is 18.7. The van der Waals surface area contributed by atoms with E-state index in [-0.39, 0.29) is 11.4 Å². The molecule has 0 bridgehead atoms. The molecule has 33 heavy (non-hydrogen) atoms. The first-order valence-electron chi connectivity index (χ1n) is 10.3. The standard InChI is InChI=1S/C25H18N4O3S/c1-3-32-24-16(13-26)18(14-9-5-4-6-10-14)19-20-21(33-25(19)29-24)23(30)28-22(27-20)15-11-7-8-12-17(15)31-2/h4-12H,3H2,1-2H3,(H,27,28,30). The number of para-hydroxylation sites is 1. The van der Waals surface area contributed by atoms with Gasteiger partial charge in [0.1, 0.15) is 32.7 Å². The quantitative estimate of drug-likeness (QED) is 0.394. The molecule has 7 nitrogen and oxygen atoms in total. The highest BCUT2D eigenvalue weighted by Gasteiger charge is 2.24. The number of methoxy groups -OCH3 is 1. The lowest BCUT2D eigenvalue weighted by atomic mass is 9.98. The van der Waals surface area contributed by atoms with Crippen LogP contribution in [-0.2, 0) is 0 Å². The van der Waals surface area contributed by atoms with Gasteiger partial charge in [-0.05, 0) is 24.6 Å². The van der Waals surface area contributed by atoms with E-state index in [1.807, 2.05) is 61.5 Å². The number of nitrogens with zero attached hydrogens (tertiary/aromatic N) is 3. The van der Waals surface area contributed by atoms with Crippen LogP contribution in [0, 0.1) is 11.3 Å². The molecule has 0 atom stereocenters. The van der Waals surface area contributed by atoms with Crippen LogP contribution in [-0.4, -0.2) is 28.7 Å². The van der Waals surface area contributed by atoms with Crippen LogP contribution in [0.15, 0.2) is 59.4 Å². The third kappa shape index (κ3) is 3.39. The van der Waals surface area contributed by atoms with Crippen molar-refractivity contribution in [3.05, 3.63) is 70.5 Å². The Kier molecular flexibility index (Phi) is 5.24. The van der Waals surface area contributed by atoms with Crippen molar-refractivity contribution in [2.24, 2.45) is 0 Å². The van der Waals surface area contributed by atoms with E-state index in [0.717, 1.165) is 5.56 Å². The number of aromatic nitrogens is 3. The molecule has 0 spiro atoms. The number of pyridine rings is 1. The largest absolute Gasteiger partial charge is 0.496 e. The van der Waals surface area contributed by atoms with Crippen molar-refractivity contribution >= 4 is 31.8 Å². The first kappa shape index (κ1) is 20.7. The molecular weight excluding hydrogens is 436 g/mol. The van der Waals surface area contributed by atoms with Crippen molar-refractivity contribution in [2.45, 2.75) is 6.92 Å². The summed E-state index contributed by atoms with van der Waals surface area (Å²) in [6.45, 7) is 2.20. The van der Waals surface area contributed by atoms with Gasteiger partial charge in [-0.2, -0.15) is 5.26 Å². The van der Waals surface area contributed by atoms with E-state index in [1.54, 1.807) is 7.11 Å². The molecule has 0 aliphatic heterocycles. The molecule has 0 saturated heterocycles. The van der Waals surface area contributed by atoms with Crippen molar-refractivity contribution < 1.29 is 9.47 Å². The SMILES string of the molecule is CCOc1nc2sc3c(=O)[nH]c(-c4ccccc4OC)nc3c2c(-c2ccccc2)c1C#N. The summed E-state index contributed by atoms with van der Waals surface area (Å²) in [6, 6.07) is 19.2. The Bertz CT molecular complexity index is 1600. The van der Waals surface area contributed by atoms with E-state index in [2.05, 4.69) is 16.0 Å². The molecule has 2 aromatic carbocycles. The number of rotatable bonds is 5. The molecule has 0 radical (unpaired) electrons. The first-order chi connectivity index (χ1) is 16.2. The van der Waals surface area contributed by atoms with Gasteiger partial charge in [0.25, 0.3) is 5.56 Å². The van der Waals surface area contributed by atoms with Gasteiger partial charge in [-0.25, -0.2) is 9.97 Å². The zero-order valence-electron chi connectivity index (χ0n) is 17.9. The second-order valence-corrected chi connectivity index (χ2v) is 8.15. The molecule has 3 heterocycles. The number of benzene rings is 2. The van der Waals surface area contributed by atoms with Crippen LogP contribution in [0.2, 0.25) is 0 Å². The number of thiophene rings is 1. The summed E-state index contributed by atoms with van der Waals surface area (Å²) >= 11 is 1.23. The molecule has 0 unspecified atom stereocenters. The maximum absolute atomic E-state index is 13.1. The molecule has 0 fully saturated rings. The Hall–Kier alpha value is -4.22. The van der Waals surface area contributed by atoms with Gasteiger partial charge in [0, 0.05) is 10.9 Å². The minimum Gasteiger partial charge on any atom is -0.496 e. The Balaban J connectivity index is 1.94. The predicted octanol–water partition coefficient (Wildman–Crippen LogP) is 5.15. The average Bonchev–Trinajstić information content (AvgIpc) is 3.22. The van der Waals surface area contributed by atoms with E-state index in [4.69, 9.17) is 14.5 Å². The van der Waals surface area contributed by atoms with Crippen LogP contribution < -0.4 is 15.0 Å². The number of H-pyrrole nitrogens is 1. The van der Waals surface area contributed by atoms with Crippen molar-refractivity contribution in [2.75, 3.05) is 13.7 Å². The number of fused-ring (bicyclic) bond motifs is 3. The fourth-order valence-corrected chi connectivity index (χ4v) is 4.88. The summed E-state index contributed by atoms with van der Waals surface area (Å²) < 4.78 is 11.6. The number of hydrogen-bond acceptors (Lipinski definition) is 7. The summed E-state index contributed by atoms with van der Waals surface area (Å²) in [5.74, 6) is 1.23. The van der Waals surface area contributed by atoms with Crippen molar-refractivity contribution in [1.29, 1.82) is 5.26 Å². The summed E-state index contributed by atoms with van der Waals surface area (Å²) in [7, 11) is 1.57. The lowest BCUT2D eigenvalue weighted by Crippen LogP contribution is -2.08. The van der Waals surface area contributed by atoms with Gasteiger partial charge in [-0.15, -0.1) is 11.3 Å². The first-order valence-corrected chi connectivity index (χ1v) is 11.1. The third-order valence-corrected chi connectivity index (χ3v) is 6.33. The highest BCUT2D eigenvalue weighted by molar-refractivity contribution is 7.25. The Morgan fingerprint density at radius 1 is 1.09 bits per heavy atom. The second kappa shape index (κ2) is 8.37. The van der Waals surface area contributed by atoms with Crippen molar-refractivity contribution in [3.8, 4) is 40.2 Å². The maximum atomic E-state index is 13.1. The van der Waals surface area contributed by atoms with Gasteiger partial charge in [0.2, 0.25) is 5.88 Å². The smallest absolute Gasteiger partial charge is 0.269 e. The Labute approximate surface area is 192 Å². The fraction of sp³-hybridized carbons (Fsp3) is 0.120. The van der Waals surface area contributed by atoms with Crippen LogP contribution in [0.5, 0.6) is 11.6 Å². The number of hydrogen-bond donors (Lipinski definition) is 1. The minimum atomic E-state index is -0.278. The van der Waals surface area contributed by atoms with Gasteiger partial charge in [0.05, 0.1) is 24.8 Å². The molecule has 5 rings (SSSR count). The molecule has 8 heteroatoms. The number of nitrogens with one attached hydrogen (secondary N) is 1. The summed E-state index contributed by atoms with van der Waals surface area (Å²) in [5.41, 5.74) is 2.67. The molecule has 5 aromatic rings. The highest BCUT2D eigenvalue weighted by atomic mass is 32.1. The minimum absolute atomic E-state index is 0.249. The van der Waals surface area contributed by atoms with E-state index < -0.39 is 0 Å². The highest BCUT2D eigenvalue weighted by Crippen LogP contribution is 2.42. The van der Waals surface area contributed by atoms with Gasteiger partial charge >= 0.3 is 0 Å². The third-order valence-electron chi connectivity index (χ3n) is 5.26. The normalized spacial score (nSPS) is 10.9. The van der Waals surface area contributed by atoms with Crippen molar-refractivity contribution in [3.63, 3.8) is 0 Å². The molecular formula is C25H18N4O3S. The lowest BCUT2D eigenvalue weighted by Gasteiger charge is -2.11. The molecule has 0 saturated carbocycles. The molecule has 0 amide bonds. The lowest BCUT2D eigenvalue weighted by molar-refractivity contribution is 0.327. The average molecular weight is 455 g/mol. The van der Waals surface area contributed by atoms with Gasteiger partial charge in [0.15, 0.2) is 0 Å². The predicted molar refractivity (Wildman–Crippen MR) is 129 cm³/mol. The van der Waals surface area contributed by atoms with Gasteiger partial charge in [-0.1, -0.05) is 42.5 Å². The Morgan fingerprint density at radius 2 is 1.85 bits per heavy atom. The monoisotopic (exact) mass is 454 g/mol. The number of aromatic amines is 1. The summed E-state index contributed by atoms with van der Waals surface area (Å²) in [4.78, 5) is 26.0. The maximum Gasteiger partial charge on any atom is 0.269 e. The summed E-state index contributed by atoms with van der Waals surface area (Å²) in [6.07, 6.45) is 0. The number of nitriles is 1. The second-order valence-electron chi connectivity index (χ2n) is 7.15. The summed E-state index contributed by atoms with van der Waals surface area (Å²) in [5, 5.41) is 10.7. The molecule has 0 aliphatic rings. The van der Waals surface area contributed by atoms with E-state index in [0.29, 0.717) is 55.3 Å². The van der Waals surface area contributed by atoms with Crippen molar-refractivity contribution in [1.82, 2.24) is 15.0 Å².